The summed E-state index contributed by atoms with van der Waals surface area (Å²) in [5.74, 6) is -0.346. The van der Waals surface area contributed by atoms with Crippen molar-refractivity contribution in [3.63, 3.8) is 0 Å². The largest absolute Gasteiger partial charge is 0.445 e. The minimum absolute atomic E-state index is 0.151. The van der Waals surface area contributed by atoms with Gasteiger partial charge in [0.25, 0.3) is 5.91 Å². The third-order valence-corrected chi connectivity index (χ3v) is 4.12. The number of benzene rings is 3. The van der Waals surface area contributed by atoms with Crippen molar-refractivity contribution in [2.24, 2.45) is 0 Å². The Bertz CT molecular complexity index is 902. The molecule has 29 heavy (non-hydrogen) atoms. The molecule has 0 aliphatic heterocycles. The van der Waals surface area contributed by atoms with E-state index in [1.165, 1.54) is 0 Å². The lowest BCUT2D eigenvalue weighted by molar-refractivity contribution is -0.120. The molecular formula is C23H23N3O3. The van der Waals surface area contributed by atoms with Crippen molar-refractivity contribution in [1.82, 2.24) is 10.7 Å². The Balaban J connectivity index is 1.52. The molecule has 6 nitrogen and oxygen atoms in total. The van der Waals surface area contributed by atoms with Crippen LogP contribution in [0.15, 0.2) is 91.0 Å². The van der Waals surface area contributed by atoms with Gasteiger partial charge in [-0.25, -0.2) is 4.79 Å². The maximum atomic E-state index is 12.4. The van der Waals surface area contributed by atoms with Crippen molar-refractivity contribution in [2.45, 2.75) is 13.2 Å². The van der Waals surface area contributed by atoms with E-state index in [9.17, 15) is 9.59 Å². The van der Waals surface area contributed by atoms with E-state index < -0.39 is 6.09 Å². The maximum Gasteiger partial charge on any atom is 0.407 e. The summed E-state index contributed by atoms with van der Waals surface area (Å²) in [4.78, 5) is 24.2. The van der Waals surface area contributed by atoms with Crippen LogP contribution in [0.3, 0.4) is 0 Å². The predicted octanol–water partition coefficient (Wildman–Crippen LogP) is 3.65. The monoisotopic (exact) mass is 389 g/mol. The first-order chi connectivity index (χ1) is 14.2. The molecule has 3 rings (SSSR count). The molecule has 0 saturated heterocycles. The summed E-state index contributed by atoms with van der Waals surface area (Å²) in [7, 11) is 0. The van der Waals surface area contributed by atoms with Crippen molar-refractivity contribution in [3.8, 4) is 0 Å². The van der Waals surface area contributed by atoms with Gasteiger partial charge >= 0.3 is 6.09 Å². The van der Waals surface area contributed by atoms with Crippen LogP contribution in [0.4, 0.5) is 10.5 Å². The van der Waals surface area contributed by atoms with Gasteiger partial charge in [0.2, 0.25) is 0 Å². The normalized spacial score (nSPS) is 10.1. The highest BCUT2D eigenvalue weighted by atomic mass is 16.5. The first-order valence-electron chi connectivity index (χ1n) is 9.31. The smallest absolute Gasteiger partial charge is 0.407 e. The molecular weight excluding hydrogens is 366 g/mol. The molecule has 0 unspecified atom stereocenters. The van der Waals surface area contributed by atoms with Gasteiger partial charge < -0.3 is 10.1 Å². The van der Waals surface area contributed by atoms with Crippen molar-refractivity contribution in [1.29, 1.82) is 0 Å². The number of hydrazine groups is 1. The van der Waals surface area contributed by atoms with E-state index in [-0.39, 0.29) is 19.1 Å². The number of anilines is 1. The molecule has 0 saturated carbocycles. The van der Waals surface area contributed by atoms with Gasteiger partial charge in [-0.2, -0.15) is 0 Å². The molecule has 6 heteroatoms. The molecule has 2 amide bonds. The Morgan fingerprint density at radius 3 is 1.93 bits per heavy atom. The van der Waals surface area contributed by atoms with E-state index in [4.69, 9.17) is 4.74 Å². The van der Waals surface area contributed by atoms with E-state index in [0.717, 1.165) is 16.8 Å². The fraction of sp³-hybridized carbons (Fsp3) is 0.130. The maximum absolute atomic E-state index is 12.4. The second-order valence-corrected chi connectivity index (χ2v) is 6.36. The summed E-state index contributed by atoms with van der Waals surface area (Å²) < 4.78 is 5.12. The fourth-order valence-corrected chi connectivity index (χ4v) is 2.69. The van der Waals surface area contributed by atoms with E-state index in [1.807, 2.05) is 91.0 Å². The zero-order chi connectivity index (χ0) is 20.3. The van der Waals surface area contributed by atoms with Crippen molar-refractivity contribution in [2.75, 3.05) is 11.6 Å². The number of hydrogen-bond donors (Lipinski definition) is 2. The highest BCUT2D eigenvalue weighted by molar-refractivity contribution is 5.83. The van der Waals surface area contributed by atoms with Gasteiger partial charge in [0.05, 0.1) is 12.2 Å². The number of nitrogens with zero attached hydrogens (tertiary/aromatic N) is 1. The van der Waals surface area contributed by atoms with Crippen LogP contribution in [0, 0.1) is 0 Å². The summed E-state index contributed by atoms with van der Waals surface area (Å²) >= 11 is 0. The highest BCUT2D eigenvalue weighted by Crippen LogP contribution is 2.14. The molecule has 0 heterocycles. The lowest BCUT2D eigenvalue weighted by atomic mass is 10.2. The van der Waals surface area contributed by atoms with Crippen LogP contribution in [-0.2, 0) is 22.7 Å². The van der Waals surface area contributed by atoms with Gasteiger partial charge in [0.1, 0.15) is 13.2 Å². The zero-order valence-corrected chi connectivity index (χ0v) is 16.0. The van der Waals surface area contributed by atoms with Gasteiger partial charge in [0.15, 0.2) is 0 Å². The Hall–Kier alpha value is -3.80. The minimum Gasteiger partial charge on any atom is -0.445 e. The third-order valence-electron chi connectivity index (χ3n) is 4.12. The number of alkyl carbamates (subject to hydrolysis) is 1. The van der Waals surface area contributed by atoms with Gasteiger partial charge in [-0.05, 0) is 23.3 Å². The summed E-state index contributed by atoms with van der Waals surface area (Å²) in [5, 5.41) is 4.22. The van der Waals surface area contributed by atoms with Crippen molar-refractivity contribution < 1.29 is 14.3 Å². The SMILES string of the molecule is O=C(CNC(=O)OCc1ccccc1)NN(Cc1ccccc1)c1ccccc1. The van der Waals surface area contributed by atoms with Crippen molar-refractivity contribution in [3.05, 3.63) is 102 Å². The van der Waals surface area contributed by atoms with Crippen LogP contribution in [0.1, 0.15) is 11.1 Å². The Morgan fingerprint density at radius 2 is 1.31 bits per heavy atom. The lowest BCUT2D eigenvalue weighted by Gasteiger charge is -2.25. The zero-order valence-electron chi connectivity index (χ0n) is 16.0. The number of nitrogens with one attached hydrogen (secondary N) is 2. The number of hydrogen-bond acceptors (Lipinski definition) is 4. The second-order valence-electron chi connectivity index (χ2n) is 6.36. The molecule has 0 fully saturated rings. The molecule has 0 bridgehead atoms. The molecule has 3 aromatic rings. The molecule has 0 radical (unpaired) electrons. The van der Waals surface area contributed by atoms with E-state index in [0.29, 0.717) is 6.54 Å². The van der Waals surface area contributed by atoms with Crippen LogP contribution in [0.25, 0.3) is 0 Å². The average Bonchev–Trinajstić information content (AvgIpc) is 2.78. The highest BCUT2D eigenvalue weighted by Gasteiger charge is 2.12. The minimum atomic E-state index is -0.640. The Morgan fingerprint density at radius 1 is 0.759 bits per heavy atom. The Kier molecular flexibility index (Phi) is 7.23. The number of amides is 2. The number of ether oxygens (including phenoxy) is 1. The molecule has 2 N–H and O–H groups in total. The summed E-state index contributed by atoms with van der Waals surface area (Å²) in [6, 6.07) is 28.7. The number of rotatable bonds is 8. The predicted molar refractivity (Wildman–Crippen MR) is 112 cm³/mol. The molecule has 0 atom stereocenters. The molecule has 3 aromatic carbocycles. The van der Waals surface area contributed by atoms with Crippen LogP contribution < -0.4 is 15.8 Å². The molecule has 148 valence electrons. The summed E-state index contributed by atoms with van der Waals surface area (Å²) in [6.45, 7) is 0.458. The van der Waals surface area contributed by atoms with Gasteiger partial charge in [-0.1, -0.05) is 78.9 Å². The Labute approximate surface area is 170 Å². The first kappa shape index (κ1) is 19.9. The first-order valence-corrected chi connectivity index (χ1v) is 9.31. The van der Waals surface area contributed by atoms with Crippen LogP contribution in [0.5, 0.6) is 0 Å². The molecule has 0 aliphatic carbocycles. The standard InChI is InChI=1S/C23H23N3O3/c27-22(16-24-23(28)29-18-20-12-6-2-7-13-20)25-26(21-14-8-3-9-15-21)17-19-10-4-1-5-11-19/h1-15H,16-18H2,(H,24,28)(H,25,27). The van der Waals surface area contributed by atoms with Gasteiger partial charge in [-0.3, -0.25) is 15.2 Å². The van der Waals surface area contributed by atoms with Gasteiger partial charge in [0, 0.05) is 0 Å². The average molecular weight is 389 g/mol. The van der Waals surface area contributed by atoms with E-state index in [1.54, 1.807) is 5.01 Å². The van der Waals surface area contributed by atoms with Gasteiger partial charge in [-0.15, -0.1) is 0 Å². The molecule has 0 aliphatic rings. The summed E-state index contributed by atoms with van der Waals surface area (Å²) in [5.41, 5.74) is 5.61. The van der Waals surface area contributed by atoms with Crippen molar-refractivity contribution >= 4 is 17.7 Å². The third kappa shape index (κ3) is 6.70. The number of para-hydroxylation sites is 1. The lowest BCUT2D eigenvalue weighted by Crippen LogP contribution is -2.46. The number of carbonyl (C=O) groups is 2. The fourth-order valence-electron chi connectivity index (χ4n) is 2.69. The topological polar surface area (TPSA) is 70.7 Å². The summed E-state index contributed by atoms with van der Waals surface area (Å²) in [6.07, 6.45) is -0.640. The number of carbonyl (C=O) groups excluding carboxylic acids is 2. The quantitative estimate of drug-likeness (QED) is 0.577. The van der Waals surface area contributed by atoms with Crippen LogP contribution in [0.2, 0.25) is 0 Å². The van der Waals surface area contributed by atoms with Crippen LogP contribution >= 0.6 is 0 Å². The molecule has 0 aromatic heterocycles. The molecule has 0 spiro atoms. The van der Waals surface area contributed by atoms with Crippen LogP contribution in [-0.4, -0.2) is 18.5 Å². The second kappa shape index (κ2) is 10.5. The van der Waals surface area contributed by atoms with E-state index >= 15 is 0 Å². The van der Waals surface area contributed by atoms with E-state index in [2.05, 4.69) is 10.7 Å².